The summed E-state index contributed by atoms with van der Waals surface area (Å²) in [5.74, 6) is -2.11. The Kier molecular flexibility index (Phi) is 13.9. The van der Waals surface area contributed by atoms with Crippen molar-refractivity contribution in [3.05, 3.63) is 29.3 Å². The lowest BCUT2D eigenvalue weighted by Gasteiger charge is -2.08. The number of hydrogen-bond donors (Lipinski definition) is 7. The molecule has 0 aliphatic carbocycles. The Balaban J connectivity index is 2.11. The van der Waals surface area contributed by atoms with E-state index in [1.54, 1.807) is 0 Å². The number of carbonyl (C=O) groups excluding carboxylic acids is 4. The smallest absolute Gasteiger partial charge is 0.278 e. The molecule has 1 rings (SSSR count). The maximum absolute atomic E-state index is 12.1. The van der Waals surface area contributed by atoms with Crippen LogP contribution in [-0.2, 0) is 9.59 Å². The molecule has 1 aromatic rings. The fourth-order valence-corrected chi connectivity index (χ4v) is 2.93. The molecule has 11 heteroatoms. The van der Waals surface area contributed by atoms with Gasteiger partial charge in [-0.15, -0.1) is 0 Å². The number of rotatable bonds is 16. The molecule has 0 spiro atoms. The molecular weight excluding hydrogens is 432 g/mol. The third-order valence-electron chi connectivity index (χ3n) is 4.80. The van der Waals surface area contributed by atoms with Gasteiger partial charge in [-0.1, -0.05) is 12.8 Å². The number of benzene rings is 1. The molecule has 4 amide bonds. The Morgan fingerprint density at radius 3 is 1.82 bits per heavy atom. The van der Waals surface area contributed by atoms with Crippen LogP contribution in [0.25, 0.3) is 0 Å². The first-order valence-electron chi connectivity index (χ1n) is 11.1. The molecule has 0 saturated heterocycles. The van der Waals surface area contributed by atoms with E-state index in [0.29, 0.717) is 32.5 Å². The van der Waals surface area contributed by atoms with Crippen LogP contribution >= 0.6 is 0 Å². The van der Waals surface area contributed by atoms with Crippen molar-refractivity contribution in [2.75, 3.05) is 26.2 Å². The van der Waals surface area contributed by atoms with E-state index in [4.69, 9.17) is 10.3 Å². The minimum atomic E-state index is -0.882. The van der Waals surface area contributed by atoms with Crippen LogP contribution in [-0.4, -0.2) is 65.3 Å². The van der Waals surface area contributed by atoms with Crippen LogP contribution in [0.5, 0.6) is 5.75 Å². The van der Waals surface area contributed by atoms with Gasteiger partial charge in [0.15, 0.2) is 0 Å². The number of carbonyl (C=O) groups is 4. The molecule has 0 unspecified atom stereocenters. The summed E-state index contributed by atoms with van der Waals surface area (Å²) in [7, 11) is 0. The molecule has 0 heterocycles. The average Bonchev–Trinajstić information content (AvgIpc) is 2.81. The standard InChI is InChI=1S/C22H34N4O7/c27-14-6-2-1-3-11-23-19(29)9-10-20(30)24-12-4-5-13-25-21(31)16-7-8-17(18(28)15-16)22(32)26-33/h7-8,15,27-28,33H,1-6,9-14H2,(H,23,29)(H,24,30)(H,25,31)(H,26,32). The molecule has 0 saturated carbocycles. The van der Waals surface area contributed by atoms with Gasteiger partial charge in [-0.3, -0.25) is 24.4 Å². The Morgan fingerprint density at radius 2 is 1.27 bits per heavy atom. The average molecular weight is 467 g/mol. The fourth-order valence-electron chi connectivity index (χ4n) is 2.93. The third-order valence-corrected chi connectivity index (χ3v) is 4.80. The molecule has 0 aliphatic rings. The van der Waals surface area contributed by atoms with Crippen molar-refractivity contribution in [2.24, 2.45) is 0 Å². The maximum atomic E-state index is 12.1. The predicted molar refractivity (Wildman–Crippen MR) is 120 cm³/mol. The van der Waals surface area contributed by atoms with Crippen molar-refractivity contribution in [1.29, 1.82) is 0 Å². The lowest BCUT2D eigenvalue weighted by Crippen LogP contribution is -2.29. The summed E-state index contributed by atoms with van der Waals surface area (Å²) in [5.41, 5.74) is 1.42. The van der Waals surface area contributed by atoms with E-state index in [1.165, 1.54) is 17.6 Å². The second kappa shape index (κ2) is 16.5. The van der Waals surface area contributed by atoms with E-state index in [-0.39, 0.29) is 42.4 Å². The highest BCUT2D eigenvalue weighted by molar-refractivity contribution is 5.99. The van der Waals surface area contributed by atoms with Gasteiger partial charge >= 0.3 is 0 Å². The Labute approximate surface area is 192 Å². The lowest BCUT2D eigenvalue weighted by molar-refractivity contribution is -0.126. The molecule has 33 heavy (non-hydrogen) atoms. The molecule has 0 bridgehead atoms. The lowest BCUT2D eigenvalue weighted by atomic mass is 10.1. The van der Waals surface area contributed by atoms with Gasteiger partial charge < -0.3 is 26.2 Å². The summed E-state index contributed by atoms with van der Waals surface area (Å²) in [4.78, 5) is 46.9. The van der Waals surface area contributed by atoms with Crippen LogP contribution in [0.15, 0.2) is 18.2 Å². The van der Waals surface area contributed by atoms with Gasteiger partial charge in [0.25, 0.3) is 11.8 Å². The van der Waals surface area contributed by atoms with Gasteiger partial charge in [0.05, 0.1) is 5.56 Å². The molecule has 0 atom stereocenters. The van der Waals surface area contributed by atoms with E-state index < -0.39 is 17.6 Å². The highest BCUT2D eigenvalue weighted by atomic mass is 16.5. The van der Waals surface area contributed by atoms with Gasteiger partial charge in [-0.05, 0) is 43.9 Å². The van der Waals surface area contributed by atoms with Crippen molar-refractivity contribution in [3.63, 3.8) is 0 Å². The maximum Gasteiger partial charge on any atom is 0.278 e. The van der Waals surface area contributed by atoms with Crippen LogP contribution in [0.3, 0.4) is 0 Å². The Hall–Kier alpha value is -3.18. The number of aliphatic hydroxyl groups is 1. The normalized spacial score (nSPS) is 10.4. The summed E-state index contributed by atoms with van der Waals surface area (Å²) in [6.45, 7) is 1.53. The summed E-state index contributed by atoms with van der Waals surface area (Å²) in [5, 5.41) is 35.2. The van der Waals surface area contributed by atoms with Crippen molar-refractivity contribution < 1.29 is 34.6 Å². The summed E-state index contributed by atoms with van der Waals surface area (Å²) in [6.07, 6.45) is 4.98. The van der Waals surface area contributed by atoms with Gasteiger partial charge in [0, 0.05) is 44.6 Å². The monoisotopic (exact) mass is 466 g/mol. The minimum Gasteiger partial charge on any atom is -0.507 e. The first-order valence-corrected chi connectivity index (χ1v) is 11.1. The number of nitrogens with one attached hydrogen (secondary N) is 4. The third kappa shape index (κ3) is 11.9. The van der Waals surface area contributed by atoms with E-state index >= 15 is 0 Å². The van der Waals surface area contributed by atoms with Crippen LogP contribution in [0.1, 0.15) is 72.1 Å². The predicted octanol–water partition coefficient (Wildman–Crippen LogP) is 0.587. The molecule has 7 N–H and O–H groups in total. The molecule has 0 aromatic heterocycles. The number of hydrogen-bond acceptors (Lipinski definition) is 7. The largest absolute Gasteiger partial charge is 0.507 e. The number of hydroxylamine groups is 1. The summed E-state index contributed by atoms with van der Waals surface area (Å²) in [6, 6.07) is 3.71. The van der Waals surface area contributed by atoms with E-state index in [0.717, 1.165) is 31.7 Å². The Morgan fingerprint density at radius 1 is 0.727 bits per heavy atom. The highest BCUT2D eigenvalue weighted by Crippen LogP contribution is 2.18. The van der Waals surface area contributed by atoms with Gasteiger partial charge in [0.2, 0.25) is 11.8 Å². The number of phenols is 1. The van der Waals surface area contributed by atoms with E-state index in [1.807, 2.05) is 0 Å². The van der Waals surface area contributed by atoms with Crippen molar-refractivity contribution in [3.8, 4) is 5.75 Å². The molecular formula is C22H34N4O7. The molecule has 0 fully saturated rings. The van der Waals surface area contributed by atoms with Crippen molar-refractivity contribution in [1.82, 2.24) is 21.4 Å². The molecule has 0 aliphatic heterocycles. The van der Waals surface area contributed by atoms with Crippen LogP contribution in [0.4, 0.5) is 0 Å². The molecule has 0 radical (unpaired) electrons. The zero-order valence-electron chi connectivity index (χ0n) is 18.7. The molecule has 11 nitrogen and oxygen atoms in total. The molecule has 1 aromatic carbocycles. The molecule has 184 valence electrons. The number of aromatic hydroxyl groups is 1. The van der Waals surface area contributed by atoms with Crippen LogP contribution in [0.2, 0.25) is 0 Å². The fraction of sp³-hybridized carbons (Fsp3) is 0.545. The van der Waals surface area contributed by atoms with Crippen molar-refractivity contribution in [2.45, 2.75) is 51.4 Å². The minimum absolute atomic E-state index is 0.112. The van der Waals surface area contributed by atoms with Crippen LogP contribution in [0, 0.1) is 0 Å². The Bertz CT molecular complexity index is 786. The first-order chi connectivity index (χ1) is 15.9. The number of aliphatic hydroxyl groups excluding tert-OH is 1. The summed E-state index contributed by atoms with van der Waals surface area (Å²) < 4.78 is 0. The second-order valence-electron chi connectivity index (χ2n) is 7.47. The number of phenolic OH excluding ortho intramolecular Hbond substituents is 1. The summed E-state index contributed by atoms with van der Waals surface area (Å²) >= 11 is 0. The van der Waals surface area contributed by atoms with Gasteiger partial charge in [-0.2, -0.15) is 0 Å². The topological polar surface area (TPSA) is 177 Å². The van der Waals surface area contributed by atoms with Crippen LogP contribution < -0.4 is 21.4 Å². The van der Waals surface area contributed by atoms with Gasteiger partial charge in [-0.25, -0.2) is 5.48 Å². The van der Waals surface area contributed by atoms with E-state index in [2.05, 4.69) is 16.0 Å². The second-order valence-corrected chi connectivity index (χ2v) is 7.47. The van der Waals surface area contributed by atoms with Gasteiger partial charge in [0.1, 0.15) is 5.75 Å². The zero-order chi connectivity index (χ0) is 24.5. The highest BCUT2D eigenvalue weighted by Gasteiger charge is 2.13. The quantitative estimate of drug-likeness (QED) is 0.106. The SMILES string of the molecule is O=C(CCC(=O)NCCCCNC(=O)c1ccc(C(=O)NO)c(O)c1)NCCCCCCO. The first kappa shape index (κ1) is 27.9. The zero-order valence-corrected chi connectivity index (χ0v) is 18.7. The van der Waals surface area contributed by atoms with E-state index in [9.17, 15) is 24.3 Å². The van der Waals surface area contributed by atoms with Crippen molar-refractivity contribution >= 4 is 23.6 Å². The number of unbranched alkanes of at least 4 members (excludes halogenated alkanes) is 4. The number of amides is 4.